The second-order valence-corrected chi connectivity index (χ2v) is 8.00. The summed E-state index contributed by atoms with van der Waals surface area (Å²) in [6.45, 7) is 2.98. The largest absolute Gasteiger partial charge is 0.507 e. The highest BCUT2D eigenvalue weighted by Gasteiger charge is 2.46. The van der Waals surface area contributed by atoms with Gasteiger partial charge in [-0.2, -0.15) is 0 Å². The molecule has 1 fully saturated rings. The van der Waals surface area contributed by atoms with Crippen molar-refractivity contribution in [2.45, 2.75) is 19.5 Å². The topological polar surface area (TPSA) is 89.0 Å². The summed E-state index contributed by atoms with van der Waals surface area (Å²) in [5, 5.41) is 11.3. The highest BCUT2D eigenvalue weighted by atomic mass is 16.6. The molecule has 7 nitrogen and oxygen atoms in total. The van der Waals surface area contributed by atoms with Gasteiger partial charge in [0.15, 0.2) is 11.5 Å². The number of rotatable bonds is 4. The number of aryl methyl sites for hydroxylation is 1. The number of ether oxygens (including phenoxy) is 2. The minimum atomic E-state index is -0.729. The molecule has 2 aliphatic heterocycles. The van der Waals surface area contributed by atoms with Crippen molar-refractivity contribution < 1.29 is 24.2 Å². The first-order valence-electron chi connectivity index (χ1n) is 10.7. The lowest BCUT2D eigenvalue weighted by atomic mass is 9.92. The molecule has 166 valence electrons. The van der Waals surface area contributed by atoms with Crippen LogP contribution < -0.4 is 9.47 Å². The number of carbonyl (C=O) groups is 2. The molecule has 33 heavy (non-hydrogen) atoms. The van der Waals surface area contributed by atoms with Crippen LogP contribution in [0.2, 0.25) is 0 Å². The van der Waals surface area contributed by atoms with Gasteiger partial charge in [-0.1, -0.05) is 24.3 Å². The van der Waals surface area contributed by atoms with Crippen molar-refractivity contribution in [3.05, 3.63) is 94.8 Å². The normalized spacial score (nSPS) is 19.1. The number of aliphatic hydroxyl groups excluding tert-OH is 1. The molecule has 1 amide bonds. The van der Waals surface area contributed by atoms with Gasteiger partial charge in [0.1, 0.15) is 19.0 Å². The second kappa shape index (κ2) is 8.43. The Morgan fingerprint density at radius 1 is 1.03 bits per heavy atom. The van der Waals surface area contributed by atoms with Crippen LogP contribution in [0.5, 0.6) is 11.5 Å². The molecular weight excluding hydrogens is 420 g/mol. The van der Waals surface area contributed by atoms with E-state index in [1.165, 1.54) is 4.90 Å². The molecule has 2 aromatic carbocycles. The predicted molar refractivity (Wildman–Crippen MR) is 121 cm³/mol. The number of Topliss-reactive ketones (excluding diaryl/α,β-unsaturated/α-hetero) is 1. The van der Waals surface area contributed by atoms with Crippen molar-refractivity contribution in [3.63, 3.8) is 0 Å². The van der Waals surface area contributed by atoms with E-state index < -0.39 is 17.7 Å². The summed E-state index contributed by atoms with van der Waals surface area (Å²) in [6.07, 6.45) is 3.29. The maximum atomic E-state index is 13.2. The minimum Gasteiger partial charge on any atom is -0.507 e. The Morgan fingerprint density at radius 3 is 2.52 bits per heavy atom. The van der Waals surface area contributed by atoms with Gasteiger partial charge in [-0.05, 0) is 53.9 Å². The van der Waals surface area contributed by atoms with E-state index in [0.29, 0.717) is 30.3 Å². The number of aliphatic hydroxyl groups is 1. The average molecular weight is 442 g/mol. The fraction of sp³-hybridized carbons (Fsp3) is 0.192. The van der Waals surface area contributed by atoms with Crippen LogP contribution in [0, 0.1) is 6.92 Å². The van der Waals surface area contributed by atoms with E-state index in [0.717, 1.165) is 16.7 Å². The van der Waals surface area contributed by atoms with E-state index in [-0.39, 0.29) is 17.9 Å². The Hall–Kier alpha value is -4.13. The van der Waals surface area contributed by atoms with Gasteiger partial charge in [0, 0.05) is 24.5 Å². The van der Waals surface area contributed by atoms with E-state index in [2.05, 4.69) is 4.98 Å². The Balaban J connectivity index is 1.65. The molecule has 2 aliphatic rings. The molecule has 0 bridgehead atoms. The Bertz CT molecular complexity index is 1270. The van der Waals surface area contributed by atoms with Crippen molar-refractivity contribution in [1.29, 1.82) is 0 Å². The van der Waals surface area contributed by atoms with Gasteiger partial charge in [-0.15, -0.1) is 0 Å². The molecular formula is C26H22N2O5. The lowest BCUT2D eigenvalue weighted by Crippen LogP contribution is -2.29. The fourth-order valence-electron chi connectivity index (χ4n) is 4.29. The number of ketones is 1. The molecule has 7 heteroatoms. The number of likely N-dealkylation sites (tertiary alicyclic amines) is 1. The fourth-order valence-corrected chi connectivity index (χ4v) is 4.29. The number of fused-ring (bicyclic) bond motifs is 1. The molecule has 5 rings (SSSR count). The molecule has 0 aliphatic carbocycles. The number of benzene rings is 2. The van der Waals surface area contributed by atoms with Crippen LogP contribution in [0.25, 0.3) is 5.76 Å². The third-order valence-electron chi connectivity index (χ3n) is 5.94. The third kappa shape index (κ3) is 3.71. The van der Waals surface area contributed by atoms with E-state index in [9.17, 15) is 14.7 Å². The van der Waals surface area contributed by atoms with Crippen molar-refractivity contribution in [3.8, 4) is 11.5 Å². The summed E-state index contributed by atoms with van der Waals surface area (Å²) >= 11 is 0. The smallest absolute Gasteiger partial charge is 0.295 e. The zero-order chi connectivity index (χ0) is 22.9. The quantitative estimate of drug-likeness (QED) is 0.376. The SMILES string of the molecule is Cc1ccccc1C1/C(=C(\O)c2ccc3c(c2)OCCO3)C(=O)C(=O)N1Cc1ccncc1. The Labute approximate surface area is 190 Å². The van der Waals surface area contributed by atoms with Gasteiger partial charge in [0.25, 0.3) is 11.7 Å². The van der Waals surface area contributed by atoms with E-state index >= 15 is 0 Å². The molecule has 1 unspecified atom stereocenters. The standard InChI is InChI=1S/C26H22N2O5/c1-16-4-2-3-5-19(16)23-22(24(29)18-6-7-20-21(14-18)33-13-12-32-20)25(30)26(31)28(23)15-17-8-10-27-11-9-17/h2-11,14,23,29H,12-13,15H2,1H3/b24-22+. The molecule has 1 atom stereocenters. The third-order valence-corrected chi connectivity index (χ3v) is 5.94. The second-order valence-electron chi connectivity index (χ2n) is 8.00. The summed E-state index contributed by atoms with van der Waals surface area (Å²) in [5.41, 5.74) is 2.98. The number of pyridine rings is 1. The average Bonchev–Trinajstić information content (AvgIpc) is 3.09. The van der Waals surface area contributed by atoms with Gasteiger partial charge >= 0.3 is 0 Å². The van der Waals surface area contributed by atoms with Crippen LogP contribution in [-0.4, -0.2) is 39.9 Å². The van der Waals surface area contributed by atoms with Crippen molar-refractivity contribution in [2.24, 2.45) is 0 Å². The van der Waals surface area contributed by atoms with Crippen molar-refractivity contribution in [2.75, 3.05) is 13.2 Å². The Kier molecular flexibility index (Phi) is 5.30. The highest BCUT2D eigenvalue weighted by molar-refractivity contribution is 6.46. The lowest BCUT2D eigenvalue weighted by molar-refractivity contribution is -0.140. The van der Waals surface area contributed by atoms with Gasteiger partial charge in [-0.3, -0.25) is 14.6 Å². The highest BCUT2D eigenvalue weighted by Crippen LogP contribution is 2.42. The van der Waals surface area contributed by atoms with Gasteiger partial charge in [0.2, 0.25) is 0 Å². The summed E-state index contributed by atoms with van der Waals surface area (Å²) in [7, 11) is 0. The number of hydrogen-bond acceptors (Lipinski definition) is 6. The van der Waals surface area contributed by atoms with Crippen molar-refractivity contribution >= 4 is 17.4 Å². The number of carbonyl (C=O) groups excluding carboxylic acids is 2. The maximum absolute atomic E-state index is 13.2. The van der Waals surface area contributed by atoms with Crippen molar-refractivity contribution in [1.82, 2.24) is 9.88 Å². The first-order valence-corrected chi connectivity index (χ1v) is 10.7. The molecule has 0 saturated carbocycles. The summed E-state index contributed by atoms with van der Waals surface area (Å²) in [6, 6.07) is 15.4. The maximum Gasteiger partial charge on any atom is 0.295 e. The number of nitrogens with zero attached hydrogens (tertiary/aromatic N) is 2. The predicted octanol–water partition coefficient (Wildman–Crippen LogP) is 3.78. The van der Waals surface area contributed by atoms with Gasteiger partial charge in [0.05, 0.1) is 11.6 Å². The van der Waals surface area contributed by atoms with E-state index in [1.54, 1.807) is 42.7 Å². The lowest BCUT2D eigenvalue weighted by Gasteiger charge is -2.26. The van der Waals surface area contributed by atoms with E-state index in [4.69, 9.17) is 9.47 Å². The Morgan fingerprint density at radius 2 is 1.76 bits per heavy atom. The molecule has 1 saturated heterocycles. The number of aromatic nitrogens is 1. The number of amides is 1. The van der Waals surface area contributed by atoms with Gasteiger partial charge in [-0.25, -0.2) is 0 Å². The molecule has 3 heterocycles. The van der Waals surface area contributed by atoms with E-state index in [1.807, 2.05) is 31.2 Å². The molecule has 0 radical (unpaired) electrons. The van der Waals surface area contributed by atoms with Crippen LogP contribution in [0.3, 0.4) is 0 Å². The molecule has 0 spiro atoms. The van der Waals surface area contributed by atoms with Crippen LogP contribution in [0.15, 0.2) is 72.6 Å². The zero-order valence-electron chi connectivity index (χ0n) is 18.0. The summed E-state index contributed by atoms with van der Waals surface area (Å²) in [5.74, 6) is -0.546. The molecule has 1 aromatic heterocycles. The first kappa shape index (κ1) is 20.8. The summed E-state index contributed by atoms with van der Waals surface area (Å²) < 4.78 is 11.2. The molecule has 1 N–H and O–H groups in total. The van der Waals surface area contributed by atoms with Crippen LogP contribution in [-0.2, 0) is 16.1 Å². The zero-order valence-corrected chi connectivity index (χ0v) is 18.0. The van der Waals surface area contributed by atoms with Crippen LogP contribution in [0.4, 0.5) is 0 Å². The summed E-state index contributed by atoms with van der Waals surface area (Å²) in [4.78, 5) is 31.9. The molecule has 3 aromatic rings. The number of hydrogen-bond donors (Lipinski definition) is 1. The first-order chi connectivity index (χ1) is 16.0. The van der Waals surface area contributed by atoms with Gasteiger partial charge < -0.3 is 19.5 Å². The van der Waals surface area contributed by atoms with Crippen LogP contribution in [0.1, 0.15) is 28.3 Å². The minimum absolute atomic E-state index is 0.0556. The van der Waals surface area contributed by atoms with Crippen LogP contribution >= 0.6 is 0 Å². The monoisotopic (exact) mass is 442 g/mol.